The molecule has 2 atom stereocenters. The largest absolute Gasteiger partial charge is 0.377 e. The maximum atomic E-state index is 5.73. The molecule has 0 aromatic rings. The fraction of sp³-hybridized carbons (Fsp3) is 0.800. The summed E-state index contributed by atoms with van der Waals surface area (Å²) in [7, 11) is 0. The van der Waals surface area contributed by atoms with Gasteiger partial charge in [0.25, 0.3) is 0 Å². The highest BCUT2D eigenvalue weighted by Crippen LogP contribution is 2.31. The van der Waals surface area contributed by atoms with Crippen molar-refractivity contribution in [1.82, 2.24) is 0 Å². The van der Waals surface area contributed by atoms with Crippen LogP contribution in [0.4, 0.5) is 0 Å². The minimum atomic E-state index is -0.440. The zero-order chi connectivity index (χ0) is 9.31. The minimum absolute atomic E-state index is 0.110. The summed E-state index contributed by atoms with van der Waals surface area (Å²) in [5, 5.41) is 0. The van der Waals surface area contributed by atoms with Gasteiger partial charge in [-0.05, 0) is 20.3 Å². The summed E-state index contributed by atoms with van der Waals surface area (Å²) in [6, 6.07) is 0. The second kappa shape index (κ2) is 3.40. The van der Waals surface area contributed by atoms with Crippen molar-refractivity contribution in [2.24, 2.45) is 0 Å². The highest BCUT2D eigenvalue weighted by Gasteiger charge is 2.39. The average molecular weight is 184 g/mol. The minimum Gasteiger partial charge on any atom is -0.377 e. The molecule has 0 unspecified atom stereocenters. The third-order valence-electron chi connectivity index (χ3n) is 2.31. The zero-order valence-electron chi connectivity index (χ0n) is 8.16. The Morgan fingerprint density at radius 2 is 2.15 bits per heavy atom. The molecule has 2 aliphatic heterocycles. The van der Waals surface area contributed by atoms with Gasteiger partial charge in [-0.1, -0.05) is 12.2 Å². The molecule has 0 N–H and O–H groups in total. The molecule has 3 nitrogen and oxygen atoms in total. The van der Waals surface area contributed by atoms with E-state index in [0.29, 0.717) is 6.61 Å². The highest BCUT2D eigenvalue weighted by molar-refractivity contribution is 4.99. The summed E-state index contributed by atoms with van der Waals surface area (Å²) >= 11 is 0. The third-order valence-corrected chi connectivity index (χ3v) is 2.31. The van der Waals surface area contributed by atoms with Gasteiger partial charge in [0, 0.05) is 6.61 Å². The van der Waals surface area contributed by atoms with Crippen molar-refractivity contribution in [3.63, 3.8) is 0 Å². The third kappa shape index (κ3) is 2.10. The molecule has 2 rings (SSSR count). The Hall–Kier alpha value is -0.380. The summed E-state index contributed by atoms with van der Waals surface area (Å²) in [5.41, 5.74) is 0. The Bertz CT molecular complexity index is 210. The fourth-order valence-electron chi connectivity index (χ4n) is 1.79. The molecule has 0 radical (unpaired) electrons. The molecule has 0 spiro atoms. The molecule has 1 fully saturated rings. The Kier molecular flexibility index (Phi) is 2.41. The quantitative estimate of drug-likeness (QED) is 0.534. The SMILES string of the molecule is CC1(C)O[C@H]2/C=C\COCC[C@H]2O1. The lowest BCUT2D eigenvalue weighted by Gasteiger charge is -2.16. The van der Waals surface area contributed by atoms with E-state index < -0.39 is 5.79 Å². The summed E-state index contributed by atoms with van der Waals surface area (Å²) in [6.45, 7) is 5.34. The van der Waals surface area contributed by atoms with E-state index in [1.54, 1.807) is 0 Å². The van der Waals surface area contributed by atoms with Crippen LogP contribution < -0.4 is 0 Å². The smallest absolute Gasteiger partial charge is 0.164 e. The number of hydrogen-bond donors (Lipinski definition) is 0. The van der Waals surface area contributed by atoms with Crippen LogP contribution in [0, 0.1) is 0 Å². The number of ether oxygens (including phenoxy) is 3. The Morgan fingerprint density at radius 1 is 1.31 bits per heavy atom. The Balaban J connectivity index is 2.08. The van der Waals surface area contributed by atoms with Crippen molar-refractivity contribution < 1.29 is 14.2 Å². The van der Waals surface area contributed by atoms with Crippen molar-refractivity contribution in [3.8, 4) is 0 Å². The lowest BCUT2D eigenvalue weighted by molar-refractivity contribution is -0.144. The zero-order valence-corrected chi connectivity index (χ0v) is 8.16. The summed E-state index contributed by atoms with van der Waals surface area (Å²) in [6.07, 6.45) is 5.23. The van der Waals surface area contributed by atoms with Gasteiger partial charge >= 0.3 is 0 Å². The first-order valence-electron chi connectivity index (χ1n) is 4.77. The van der Waals surface area contributed by atoms with Crippen molar-refractivity contribution in [2.45, 2.75) is 38.3 Å². The molecular weight excluding hydrogens is 168 g/mol. The van der Waals surface area contributed by atoms with Gasteiger partial charge in [-0.25, -0.2) is 0 Å². The molecule has 2 aliphatic rings. The lowest BCUT2D eigenvalue weighted by Crippen LogP contribution is -2.24. The topological polar surface area (TPSA) is 27.7 Å². The van der Waals surface area contributed by atoms with Gasteiger partial charge in [-0.15, -0.1) is 0 Å². The van der Waals surface area contributed by atoms with Crippen LogP contribution in [0.25, 0.3) is 0 Å². The monoisotopic (exact) mass is 184 g/mol. The number of rotatable bonds is 0. The summed E-state index contributed by atoms with van der Waals surface area (Å²) < 4.78 is 16.8. The summed E-state index contributed by atoms with van der Waals surface area (Å²) in [5.74, 6) is -0.440. The Morgan fingerprint density at radius 3 is 3.00 bits per heavy atom. The molecule has 0 aromatic carbocycles. The predicted octanol–water partition coefficient (Wildman–Crippen LogP) is 1.48. The second-order valence-electron chi connectivity index (χ2n) is 3.93. The van der Waals surface area contributed by atoms with Crippen LogP contribution >= 0.6 is 0 Å². The fourth-order valence-corrected chi connectivity index (χ4v) is 1.79. The highest BCUT2D eigenvalue weighted by atomic mass is 16.7. The van der Waals surface area contributed by atoms with E-state index in [9.17, 15) is 0 Å². The molecule has 13 heavy (non-hydrogen) atoms. The number of hydrogen-bond acceptors (Lipinski definition) is 3. The van der Waals surface area contributed by atoms with Gasteiger partial charge in [0.05, 0.1) is 12.7 Å². The first kappa shape index (κ1) is 9.19. The standard InChI is InChI=1S/C10H16O3/c1-10(2)12-8-4-3-6-11-7-5-9(8)13-10/h3-4,8-9H,5-7H2,1-2H3/b4-3-/t8-,9+/m0/s1. The van der Waals surface area contributed by atoms with Crippen LogP contribution in [0.3, 0.4) is 0 Å². The van der Waals surface area contributed by atoms with Crippen LogP contribution in [-0.2, 0) is 14.2 Å². The molecule has 2 heterocycles. The van der Waals surface area contributed by atoms with Crippen LogP contribution in [0.5, 0.6) is 0 Å². The molecule has 0 aliphatic carbocycles. The first-order valence-corrected chi connectivity index (χ1v) is 4.77. The number of fused-ring (bicyclic) bond motifs is 1. The maximum Gasteiger partial charge on any atom is 0.164 e. The van der Waals surface area contributed by atoms with E-state index in [-0.39, 0.29) is 12.2 Å². The Labute approximate surface area is 78.7 Å². The van der Waals surface area contributed by atoms with E-state index in [4.69, 9.17) is 14.2 Å². The van der Waals surface area contributed by atoms with E-state index in [0.717, 1.165) is 13.0 Å². The molecular formula is C10H16O3. The van der Waals surface area contributed by atoms with Gasteiger partial charge in [0.1, 0.15) is 6.10 Å². The van der Waals surface area contributed by atoms with Gasteiger partial charge in [-0.2, -0.15) is 0 Å². The molecule has 0 saturated carbocycles. The molecule has 74 valence electrons. The van der Waals surface area contributed by atoms with E-state index in [1.165, 1.54) is 0 Å². The second-order valence-corrected chi connectivity index (χ2v) is 3.93. The predicted molar refractivity (Wildman–Crippen MR) is 48.4 cm³/mol. The van der Waals surface area contributed by atoms with Crippen molar-refractivity contribution in [3.05, 3.63) is 12.2 Å². The summed E-state index contributed by atoms with van der Waals surface area (Å²) in [4.78, 5) is 0. The van der Waals surface area contributed by atoms with E-state index in [2.05, 4.69) is 0 Å². The van der Waals surface area contributed by atoms with Crippen LogP contribution in [-0.4, -0.2) is 31.2 Å². The van der Waals surface area contributed by atoms with Crippen molar-refractivity contribution >= 4 is 0 Å². The van der Waals surface area contributed by atoms with Crippen molar-refractivity contribution in [1.29, 1.82) is 0 Å². The van der Waals surface area contributed by atoms with Crippen LogP contribution in [0.1, 0.15) is 20.3 Å². The molecule has 0 bridgehead atoms. The van der Waals surface area contributed by atoms with E-state index >= 15 is 0 Å². The van der Waals surface area contributed by atoms with Crippen molar-refractivity contribution in [2.75, 3.05) is 13.2 Å². The van der Waals surface area contributed by atoms with Crippen LogP contribution in [0.2, 0.25) is 0 Å². The van der Waals surface area contributed by atoms with E-state index in [1.807, 2.05) is 26.0 Å². The van der Waals surface area contributed by atoms with Gasteiger partial charge < -0.3 is 14.2 Å². The van der Waals surface area contributed by atoms with Gasteiger partial charge in [0.2, 0.25) is 0 Å². The maximum absolute atomic E-state index is 5.73. The van der Waals surface area contributed by atoms with Gasteiger partial charge in [-0.3, -0.25) is 0 Å². The molecule has 0 amide bonds. The van der Waals surface area contributed by atoms with Crippen LogP contribution in [0.15, 0.2) is 12.2 Å². The molecule has 3 heteroatoms. The first-order chi connectivity index (χ1) is 6.17. The average Bonchev–Trinajstić information content (AvgIpc) is 2.27. The normalized spacial score (nSPS) is 40.5. The molecule has 1 saturated heterocycles. The lowest BCUT2D eigenvalue weighted by atomic mass is 10.1. The van der Waals surface area contributed by atoms with Gasteiger partial charge in [0.15, 0.2) is 5.79 Å². The molecule has 0 aromatic heterocycles.